The molecule has 1 amide bonds. The van der Waals surface area contributed by atoms with Gasteiger partial charge in [-0.3, -0.25) is 9.78 Å². The van der Waals surface area contributed by atoms with Crippen LogP contribution < -0.4 is 20.1 Å². The van der Waals surface area contributed by atoms with Crippen molar-refractivity contribution in [2.75, 3.05) is 44.5 Å². The van der Waals surface area contributed by atoms with E-state index in [-0.39, 0.29) is 35.0 Å². The number of nitrogens with one attached hydrogen (secondary N) is 2. The lowest BCUT2D eigenvalue weighted by Gasteiger charge is -2.32. The number of aryl methyl sites for hydroxylation is 1. The Balaban J connectivity index is 1.15. The van der Waals surface area contributed by atoms with Crippen molar-refractivity contribution >= 4 is 34.0 Å². The molecule has 0 spiro atoms. The number of pyridine rings is 1. The smallest absolute Gasteiger partial charge is 0.246 e. The molecule has 14 heteroatoms. The van der Waals surface area contributed by atoms with Gasteiger partial charge in [0.1, 0.15) is 35.3 Å². The number of nitrogens with zero attached hydrogens (tertiary/aromatic N) is 6. The van der Waals surface area contributed by atoms with Crippen LogP contribution in [0.15, 0.2) is 73.3 Å². The zero-order chi connectivity index (χ0) is 33.6. The number of ether oxygens (including phenoxy) is 3. The number of aromatic nitrogens is 5. The number of methoxy groups -OCH3 is 2. The number of likely N-dealkylation sites (tertiary alicyclic amines) is 1. The Morgan fingerprint density at radius 3 is 2.60 bits per heavy atom. The SMILES string of the molecule is COC/C=C/C(=O)N1CCC(Nc2cc3c(Nc4ccc(Oc5ccn(-c6cnc(C)c(F)c6)n5)cc4F)ncnc3cc2OC)CC1. The fourth-order valence-electron chi connectivity index (χ4n) is 5.32. The average Bonchev–Trinajstić information content (AvgIpc) is 3.56. The first kappa shape index (κ1) is 32.3. The third-order valence-corrected chi connectivity index (χ3v) is 7.90. The van der Waals surface area contributed by atoms with Crippen LogP contribution in [0.1, 0.15) is 18.5 Å². The molecule has 2 N–H and O–H groups in total. The number of fused-ring (bicyclic) bond motifs is 1. The van der Waals surface area contributed by atoms with Crippen LogP contribution in [-0.2, 0) is 9.53 Å². The monoisotopic (exact) mass is 656 g/mol. The molecule has 0 aliphatic carbocycles. The number of carbonyl (C=O) groups excluding carboxylic acids is 1. The van der Waals surface area contributed by atoms with Crippen molar-refractivity contribution < 1.29 is 27.8 Å². The topological polar surface area (TPSA) is 129 Å². The molecule has 12 nitrogen and oxygen atoms in total. The first-order valence-corrected chi connectivity index (χ1v) is 15.3. The van der Waals surface area contributed by atoms with Gasteiger partial charge in [-0.2, -0.15) is 0 Å². The van der Waals surface area contributed by atoms with Gasteiger partial charge in [0.15, 0.2) is 0 Å². The number of carbonyl (C=O) groups is 1. The number of halogens is 2. The molecule has 0 radical (unpaired) electrons. The second-order valence-corrected chi connectivity index (χ2v) is 11.1. The summed E-state index contributed by atoms with van der Waals surface area (Å²) in [5.74, 6) is 0.372. The summed E-state index contributed by atoms with van der Waals surface area (Å²) in [5, 5.41) is 11.6. The second-order valence-electron chi connectivity index (χ2n) is 11.1. The summed E-state index contributed by atoms with van der Waals surface area (Å²) in [5.41, 5.74) is 2.23. The molecule has 3 aromatic heterocycles. The lowest BCUT2D eigenvalue weighted by molar-refractivity contribution is -0.126. The molecule has 0 unspecified atom stereocenters. The minimum atomic E-state index is -0.575. The summed E-state index contributed by atoms with van der Waals surface area (Å²) >= 11 is 0. The molecule has 5 aromatic rings. The predicted molar refractivity (Wildman–Crippen MR) is 176 cm³/mol. The van der Waals surface area contributed by atoms with E-state index in [4.69, 9.17) is 14.2 Å². The quantitative estimate of drug-likeness (QED) is 0.165. The number of piperidine rings is 1. The number of hydrogen-bond acceptors (Lipinski definition) is 10. The summed E-state index contributed by atoms with van der Waals surface area (Å²) < 4.78 is 47.1. The molecule has 4 heterocycles. The molecule has 1 saturated heterocycles. The zero-order valence-electron chi connectivity index (χ0n) is 26.6. The molecular formula is C34H34F2N8O4. The van der Waals surface area contributed by atoms with Crippen molar-refractivity contribution in [2.24, 2.45) is 0 Å². The average molecular weight is 657 g/mol. The molecule has 0 atom stereocenters. The van der Waals surface area contributed by atoms with E-state index in [1.54, 1.807) is 57.7 Å². The highest BCUT2D eigenvalue weighted by molar-refractivity contribution is 5.95. The van der Waals surface area contributed by atoms with Crippen LogP contribution in [0.25, 0.3) is 16.6 Å². The Morgan fingerprint density at radius 1 is 1.02 bits per heavy atom. The standard InChI is InChI=1S/C34H34F2N8O4/c1-21-26(35)15-23(19-37-21)44-13-10-32(42-44)48-24-6-7-28(27(36)16-24)41-34-25-17-30(31(47-3)18-29(25)38-20-39-34)40-22-8-11-43(12-9-22)33(45)5-4-14-46-2/h4-7,10,13,15-20,22,40H,8-9,11-12,14H2,1-3H3,(H,38,39,41)/b5-4+. The number of benzene rings is 2. The van der Waals surface area contributed by atoms with Crippen molar-refractivity contribution in [1.82, 2.24) is 29.6 Å². The summed E-state index contributed by atoms with van der Waals surface area (Å²) in [6, 6.07) is 11.1. The van der Waals surface area contributed by atoms with Crippen LogP contribution in [-0.4, -0.2) is 75.5 Å². The fraction of sp³-hybridized carbons (Fsp3) is 0.265. The van der Waals surface area contributed by atoms with Gasteiger partial charge in [-0.15, -0.1) is 5.10 Å². The first-order valence-electron chi connectivity index (χ1n) is 15.3. The van der Waals surface area contributed by atoms with E-state index in [0.29, 0.717) is 47.9 Å². The number of rotatable bonds is 11. The van der Waals surface area contributed by atoms with Gasteiger partial charge in [0.2, 0.25) is 11.8 Å². The Labute approximate surface area is 275 Å². The highest BCUT2D eigenvalue weighted by atomic mass is 19.1. The van der Waals surface area contributed by atoms with E-state index in [2.05, 4.69) is 30.7 Å². The Morgan fingerprint density at radius 2 is 1.85 bits per heavy atom. The van der Waals surface area contributed by atoms with Gasteiger partial charge < -0.3 is 29.7 Å². The first-order chi connectivity index (χ1) is 23.3. The summed E-state index contributed by atoms with van der Waals surface area (Å²) in [6.45, 7) is 3.20. The maximum atomic E-state index is 15.3. The summed E-state index contributed by atoms with van der Waals surface area (Å²) in [7, 11) is 3.17. The lowest BCUT2D eigenvalue weighted by atomic mass is 10.0. The Kier molecular flexibility index (Phi) is 9.71. The van der Waals surface area contributed by atoms with E-state index in [0.717, 1.165) is 18.5 Å². The third kappa shape index (κ3) is 7.33. The fourth-order valence-corrected chi connectivity index (χ4v) is 5.32. The van der Waals surface area contributed by atoms with Gasteiger partial charge in [0.25, 0.3) is 0 Å². The minimum Gasteiger partial charge on any atom is -0.495 e. The number of hydrogen-bond donors (Lipinski definition) is 2. The Bertz CT molecular complexity index is 1960. The summed E-state index contributed by atoms with van der Waals surface area (Å²) in [6.07, 6.45) is 9.25. The second kappa shape index (κ2) is 14.4. The van der Waals surface area contributed by atoms with Gasteiger partial charge in [0, 0.05) is 68.2 Å². The number of anilines is 3. The van der Waals surface area contributed by atoms with E-state index in [9.17, 15) is 9.18 Å². The van der Waals surface area contributed by atoms with Crippen LogP contribution >= 0.6 is 0 Å². The molecule has 2 aromatic carbocycles. The van der Waals surface area contributed by atoms with Gasteiger partial charge in [-0.25, -0.2) is 23.4 Å². The van der Waals surface area contributed by atoms with E-state index >= 15 is 4.39 Å². The molecule has 48 heavy (non-hydrogen) atoms. The van der Waals surface area contributed by atoms with Crippen molar-refractivity contribution in [1.29, 1.82) is 0 Å². The van der Waals surface area contributed by atoms with Crippen LogP contribution in [0.4, 0.5) is 26.0 Å². The lowest BCUT2D eigenvalue weighted by Crippen LogP contribution is -2.41. The summed E-state index contributed by atoms with van der Waals surface area (Å²) in [4.78, 5) is 27.0. The van der Waals surface area contributed by atoms with Crippen LogP contribution in [0.3, 0.4) is 0 Å². The molecule has 0 saturated carbocycles. The molecule has 1 aliphatic heterocycles. The van der Waals surface area contributed by atoms with E-state index in [1.165, 1.54) is 35.4 Å². The molecule has 248 valence electrons. The number of amides is 1. The van der Waals surface area contributed by atoms with Crippen LogP contribution in [0.2, 0.25) is 0 Å². The highest BCUT2D eigenvalue weighted by Gasteiger charge is 2.23. The molecule has 1 aliphatic rings. The van der Waals surface area contributed by atoms with E-state index in [1.807, 2.05) is 11.0 Å². The molecule has 1 fully saturated rings. The molecular weight excluding hydrogens is 622 g/mol. The highest BCUT2D eigenvalue weighted by Crippen LogP contribution is 2.35. The molecule has 6 rings (SSSR count). The minimum absolute atomic E-state index is 0.0297. The Hall–Kier alpha value is -5.63. The van der Waals surface area contributed by atoms with Crippen LogP contribution in [0.5, 0.6) is 17.4 Å². The van der Waals surface area contributed by atoms with E-state index < -0.39 is 11.6 Å². The third-order valence-electron chi connectivity index (χ3n) is 7.90. The van der Waals surface area contributed by atoms with Gasteiger partial charge in [0.05, 0.1) is 48.2 Å². The van der Waals surface area contributed by atoms with Crippen molar-refractivity contribution in [3.8, 4) is 23.1 Å². The molecule has 0 bridgehead atoms. The maximum absolute atomic E-state index is 15.3. The predicted octanol–water partition coefficient (Wildman–Crippen LogP) is 5.95. The maximum Gasteiger partial charge on any atom is 0.246 e. The van der Waals surface area contributed by atoms with Gasteiger partial charge in [-0.1, -0.05) is 6.08 Å². The van der Waals surface area contributed by atoms with Crippen molar-refractivity contribution in [3.63, 3.8) is 0 Å². The normalized spacial score (nSPS) is 13.6. The van der Waals surface area contributed by atoms with Gasteiger partial charge in [-0.05, 0) is 38.0 Å². The van der Waals surface area contributed by atoms with Gasteiger partial charge >= 0.3 is 0 Å². The van der Waals surface area contributed by atoms with Crippen molar-refractivity contribution in [2.45, 2.75) is 25.8 Å². The van der Waals surface area contributed by atoms with Crippen LogP contribution in [0, 0.1) is 18.6 Å². The largest absolute Gasteiger partial charge is 0.495 e. The zero-order valence-corrected chi connectivity index (χ0v) is 26.6. The van der Waals surface area contributed by atoms with Crippen molar-refractivity contribution in [3.05, 3.63) is 90.7 Å².